The minimum Gasteiger partial charge on any atom is -0.397 e. The van der Waals surface area contributed by atoms with Gasteiger partial charge in [-0.2, -0.15) is 0 Å². The summed E-state index contributed by atoms with van der Waals surface area (Å²) in [7, 11) is 0. The van der Waals surface area contributed by atoms with E-state index in [9.17, 15) is 0 Å². The third kappa shape index (κ3) is 5.97. The van der Waals surface area contributed by atoms with E-state index in [0.717, 1.165) is 22.4 Å². The molecule has 0 aliphatic carbocycles. The number of hydrogen-bond donors (Lipinski definition) is 2. The summed E-state index contributed by atoms with van der Waals surface area (Å²) in [6.07, 6.45) is 7.94. The Labute approximate surface area is 113 Å². The predicted molar refractivity (Wildman–Crippen MR) is 80.4 cm³/mol. The molecular formula is C14H23BrN2. The minimum atomic E-state index is 0.811. The Kier molecular flexibility index (Phi) is 7.10. The molecule has 3 N–H and O–H groups in total. The average molecular weight is 299 g/mol. The van der Waals surface area contributed by atoms with Crippen LogP contribution in [-0.4, -0.2) is 6.54 Å². The van der Waals surface area contributed by atoms with Crippen LogP contribution in [0.25, 0.3) is 0 Å². The van der Waals surface area contributed by atoms with E-state index in [1.165, 1.54) is 38.5 Å². The SMILES string of the molecule is CCCCCCCCNc1ccc(Br)cc1N. The maximum Gasteiger partial charge on any atom is 0.0574 e. The summed E-state index contributed by atoms with van der Waals surface area (Å²) in [5.41, 5.74) is 7.76. The normalized spacial score (nSPS) is 10.5. The van der Waals surface area contributed by atoms with E-state index in [0.29, 0.717) is 0 Å². The predicted octanol–water partition coefficient (Wildman–Crippen LogP) is 4.80. The monoisotopic (exact) mass is 298 g/mol. The van der Waals surface area contributed by atoms with E-state index in [1.54, 1.807) is 0 Å². The second-order valence-corrected chi connectivity index (χ2v) is 5.34. The van der Waals surface area contributed by atoms with Gasteiger partial charge >= 0.3 is 0 Å². The van der Waals surface area contributed by atoms with E-state index < -0.39 is 0 Å². The fourth-order valence-corrected chi connectivity index (χ4v) is 2.20. The molecule has 96 valence electrons. The Hall–Kier alpha value is -0.700. The van der Waals surface area contributed by atoms with E-state index >= 15 is 0 Å². The third-order valence-corrected chi connectivity index (χ3v) is 3.35. The topological polar surface area (TPSA) is 38.0 Å². The molecule has 0 spiro atoms. The highest BCUT2D eigenvalue weighted by Crippen LogP contribution is 2.22. The number of nitrogen functional groups attached to an aromatic ring is 1. The van der Waals surface area contributed by atoms with Gasteiger partial charge in [0.25, 0.3) is 0 Å². The highest BCUT2D eigenvalue weighted by atomic mass is 79.9. The highest BCUT2D eigenvalue weighted by Gasteiger charge is 1.98. The van der Waals surface area contributed by atoms with Gasteiger partial charge in [-0.25, -0.2) is 0 Å². The number of nitrogens with one attached hydrogen (secondary N) is 1. The smallest absolute Gasteiger partial charge is 0.0574 e. The fraction of sp³-hybridized carbons (Fsp3) is 0.571. The van der Waals surface area contributed by atoms with Crippen molar-refractivity contribution in [2.75, 3.05) is 17.6 Å². The molecule has 0 atom stereocenters. The Balaban J connectivity index is 2.14. The lowest BCUT2D eigenvalue weighted by molar-refractivity contribution is 0.617. The Morgan fingerprint density at radius 2 is 1.82 bits per heavy atom. The van der Waals surface area contributed by atoms with Crippen molar-refractivity contribution in [3.8, 4) is 0 Å². The molecule has 0 amide bonds. The van der Waals surface area contributed by atoms with Crippen molar-refractivity contribution < 1.29 is 0 Å². The molecule has 0 aliphatic rings. The first-order chi connectivity index (χ1) is 8.24. The molecule has 2 nitrogen and oxygen atoms in total. The Morgan fingerprint density at radius 3 is 2.53 bits per heavy atom. The third-order valence-electron chi connectivity index (χ3n) is 2.86. The van der Waals surface area contributed by atoms with Crippen molar-refractivity contribution in [2.45, 2.75) is 45.4 Å². The van der Waals surface area contributed by atoms with E-state index in [-0.39, 0.29) is 0 Å². The van der Waals surface area contributed by atoms with Gasteiger partial charge in [0, 0.05) is 11.0 Å². The summed E-state index contributed by atoms with van der Waals surface area (Å²) < 4.78 is 1.03. The molecule has 0 aliphatic heterocycles. The van der Waals surface area contributed by atoms with Gasteiger partial charge < -0.3 is 11.1 Å². The van der Waals surface area contributed by atoms with Crippen LogP contribution < -0.4 is 11.1 Å². The molecule has 0 bridgehead atoms. The van der Waals surface area contributed by atoms with Crippen molar-refractivity contribution >= 4 is 27.3 Å². The lowest BCUT2D eigenvalue weighted by Crippen LogP contribution is -2.04. The maximum atomic E-state index is 5.91. The van der Waals surface area contributed by atoms with Crippen molar-refractivity contribution in [1.82, 2.24) is 0 Å². The zero-order valence-electron chi connectivity index (χ0n) is 10.6. The van der Waals surface area contributed by atoms with Gasteiger partial charge in [-0.05, 0) is 24.6 Å². The molecule has 0 saturated heterocycles. The van der Waals surface area contributed by atoms with Gasteiger partial charge in [0.15, 0.2) is 0 Å². The first kappa shape index (κ1) is 14.4. The van der Waals surface area contributed by atoms with Crippen LogP contribution in [0.15, 0.2) is 22.7 Å². The molecule has 0 radical (unpaired) electrons. The van der Waals surface area contributed by atoms with Crippen LogP contribution in [0.4, 0.5) is 11.4 Å². The van der Waals surface area contributed by atoms with Crippen molar-refractivity contribution in [1.29, 1.82) is 0 Å². The van der Waals surface area contributed by atoms with Crippen LogP contribution >= 0.6 is 15.9 Å². The molecule has 0 fully saturated rings. The number of benzene rings is 1. The van der Waals surface area contributed by atoms with Crippen LogP contribution in [0.2, 0.25) is 0 Å². The second-order valence-electron chi connectivity index (χ2n) is 4.43. The Bertz CT molecular complexity index is 326. The number of nitrogens with two attached hydrogens (primary N) is 1. The first-order valence-electron chi connectivity index (χ1n) is 6.53. The standard InChI is InChI=1S/C14H23BrN2/c1-2-3-4-5-6-7-10-17-14-9-8-12(15)11-13(14)16/h8-9,11,17H,2-7,10,16H2,1H3. The Morgan fingerprint density at radius 1 is 1.12 bits per heavy atom. The fourth-order valence-electron chi connectivity index (χ4n) is 1.82. The lowest BCUT2D eigenvalue weighted by atomic mass is 10.1. The van der Waals surface area contributed by atoms with Crippen LogP contribution in [0, 0.1) is 0 Å². The van der Waals surface area contributed by atoms with E-state index in [2.05, 4.69) is 28.2 Å². The number of hydrogen-bond acceptors (Lipinski definition) is 2. The summed E-state index contributed by atoms with van der Waals surface area (Å²) in [4.78, 5) is 0. The molecule has 0 unspecified atom stereocenters. The van der Waals surface area contributed by atoms with Gasteiger partial charge in [0.1, 0.15) is 0 Å². The maximum absolute atomic E-state index is 5.91. The van der Waals surface area contributed by atoms with Gasteiger partial charge in [-0.15, -0.1) is 0 Å². The molecule has 1 aromatic carbocycles. The van der Waals surface area contributed by atoms with Gasteiger partial charge in [0.2, 0.25) is 0 Å². The molecule has 0 saturated carbocycles. The van der Waals surface area contributed by atoms with Gasteiger partial charge in [0.05, 0.1) is 11.4 Å². The summed E-state index contributed by atoms with van der Waals surface area (Å²) in [6.45, 7) is 3.26. The first-order valence-corrected chi connectivity index (χ1v) is 7.32. The van der Waals surface area contributed by atoms with Crippen molar-refractivity contribution in [3.63, 3.8) is 0 Å². The number of halogens is 1. The van der Waals surface area contributed by atoms with Crippen LogP contribution in [0.1, 0.15) is 45.4 Å². The molecule has 17 heavy (non-hydrogen) atoms. The lowest BCUT2D eigenvalue weighted by Gasteiger charge is -2.09. The number of unbranched alkanes of at least 4 members (excludes halogenated alkanes) is 5. The van der Waals surface area contributed by atoms with Gasteiger partial charge in [-0.3, -0.25) is 0 Å². The molecule has 3 heteroatoms. The molecule has 0 heterocycles. The summed E-state index contributed by atoms with van der Waals surface area (Å²) >= 11 is 3.41. The molecular weight excluding hydrogens is 276 g/mol. The molecule has 1 rings (SSSR count). The van der Waals surface area contributed by atoms with Crippen LogP contribution in [0.5, 0.6) is 0 Å². The highest BCUT2D eigenvalue weighted by molar-refractivity contribution is 9.10. The zero-order valence-corrected chi connectivity index (χ0v) is 12.2. The van der Waals surface area contributed by atoms with Crippen molar-refractivity contribution in [3.05, 3.63) is 22.7 Å². The molecule has 0 aromatic heterocycles. The number of anilines is 2. The zero-order chi connectivity index (χ0) is 12.5. The minimum absolute atomic E-state index is 0.811. The second kappa shape index (κ2) is 8.40. The summed E-state index contributed by atoms with van der Waals surface area (Å²) in [6, 6.07) is 5.97. The van der Waals surface area contributed by atoms with Crippen molar-refractivity contribution in [2.24, 2.45) is 0 Å². The van der Waals surface area contributed by atoms with E-state index in [1.807, 2.05) is 18.2 Å². The quantitative estimate of drug-likeness (QED) is 0.534. The average Bonchev–Trinajstić information content (AvgIpc) is 2.30. The molecule has 1 aromatic rings. The van der Waals surface area contributed by atoms with Crippen LogP contribution in [-0.2, 0) is 0 Å². The van der Waals surface area contributed by atoms with E-state index in [4.69, 9.17) is 5.73 Å². The summed E-state index contributed by atoms with van der Waals surface area (Å²) in [5, 5.41) is 3.39. The largest absolute Gasteiger partial charge is 0.397 e. The van der Waals surface area contributed by atoms with Crippen LogP contribution in [0.3, 0.4) is 0 Å². The van der Waals surface area contributed by atoms with Gasteiger partial charge in [-0.1, -0.05) is 55.0 Å². The summed E-state index contributed by atoms with van der Waals surface area (Å²) in [5.74, 6) is 0. The number of rotatable bonds is 8.